The van der Waals surface area contributed by atoms with Gasteiger partial charge < -0.3 is 15.2 Å². The van der Waals surface area contributed by atoms with Gasteiger partial charge >= 0.3 is 5.97 Å². The van der Waals surface area contributed by atoms with Crippen molar-refractivity contribution in [1.82, 2.24) is 4.98 Å². The van der Waals surface area contributed by atoms with E-state index in [2.05, 4.69) is 10.3 Å². The van der Waals surface area contributed by atoms with Crippen LogP contribution in [0.5, 0.6) is 5.88 Å². The maximum Gasteiger partial charge on any atom is 0.306 e. The Morgan fingerprint density at radius 2 is 2.11 bits per heavy atom. The number of carboxylic acid groups (broad SMARTS) is 1. The average Bonchev–Trinajstić information content (AvgIpc) is 2.40. The van der Waals surface area contributed by atoms with Crippen LogP contribution < -0.4 is 10.1 Å². The Balaban J connectivity index is 1.85. The Morgan fingerprint density at radius 1 is 1.39 bits per heavy atom. The molecule has 0 aromatic carbocycles. The highest BCUT2D eigenvalue weighted by atomic mass is 16.5. The number of carboxylic acids is 1. The van der Waals surface area contributed by atoms with Gasteiger partial charge in [0.25, 0.3) is 0 Å². The average molecular weight is 250 g/mol. The van der Waals surface area contributed by atoms with Gasteiger partial charge in [-0.3, -0.25) is 4.79 Å². The lowest BCUT2D eigenvalue weighted by molar-refractivity contribution is -0.143. The number of rotatable bonds is 4. The van der Waals surface area contributed by atoms with E-state index in [0.717, 1.165) is 18.5 Å². The zero-order valence-electron chi connectivity index (χ0n) is 10.4. The van der Waals surface area contributed by atoms with Crippen LogP contribution in [0.2, 0.25) is 0 Å². The van der Waals surface area contributed by atoms with Crippen LogP contribution in [0, 0.1) is 5.92 Å². The molecule has 0 atom stereocenters. The summed E-state index contributed by atoms with van der Waals surface area (Å²) in [6, 6.07) is 3.74. The van der Waals surface area contributed by atoms with E-state index in [-0.39, 0.29) is 12.0 Å². The molecule has 0 unspecified atom stereocenters. The van der Waals surface area contributed by atoms with E-state index in [9.17, 15) is 4.79 Å². The Hall–Kier alpha value is -1.78. The summed E-state index contributed by atoms with van der Waals surface area (Å²) in [5, 5.41) is 11.9. The van der Waals surface area contributed by atoms with Crippen LogP contribution >= 0.6 is 0 Å². The van der Waals surface area contributed by atoms with Gasteiger partial charge in [-0.15, -0.1) is 0 Å². The fourth-order valence-corrected chi connectivity index (χ4v) is 2.20. The second-order valence-electron chi connectivity index (χ2n) is 4.56. The molecule has 1 aromatic heterocycles. The lowest BCUT2D eigenvalue weighted by atomic mass is 9.87. The third-order valence-corrected chi connectivity index (χ3v) is 3.34. The Morgan fingerprint density at radius 3 is 2.61 bits per heavy atom. The number of ether oxygens (including phenoxy) is 1. The predicted molar refractivity (Wildman–Crippen MR) is 67.8 cm³/mol. The summed E-state index contributed by atoms with van der Waals surface area (Å²) in [7, 11) is 1.84. The molecule has 1 saturated carbocycles. The van der Waals surface area contributed by atoms with Gasteiger partial charge in [-0.25, -0.2) is 4.98 Å². The molecule has 5 nitrogen and oxygen atoms in total. The highest BCUT2D eigenvalue weighted by Crippen LogP contribution is 2.27. The summed E-state index contributed by atoms with van der Waals surface area (Å²) >= 11 is 0. The van der Waals surface area contributed by atoms with Crippen LogP contribution in [-0.2, 0) is 4.79 Å². The van der Waals surface area contributed by atoms with E-state index in [4.69, 9.17) is 9.84 Å². The summed E-state index contributed by atoms with van der Waals surface area (Å²) in [5.41, 5.74) is 0.942. The Bertz CT molecular complexity index is 397. The van der Waals surface area contributed by atoms with Crippen LogP contribution in [0.1, 0.15) is 25.7 Å². The normalized spacial score (nSPS) is 23.4. The topological polar surface area (TPSA) is 71.5 Å². The molecule has 5 heteroatoms. The molecule has 0 aliphatic heterocycles. The molecule has 2 rings (SSSR count). The van der Waals surface area contributed by atoms with E-state index >= 15 is 0 Å². The van der Waals surface area contributed by atoms with Gasteiger partial charge in [-0.1, -0.05) is 0 Å². The summed E-state index contributed by atoms with van der Waals surface area (Å²) in [4.78, 5) is 15.0. The van der Waals surface area contributed by atoms with Crippen molar-refractivity contribution in [2.45, 2.75) is 31.8 Å². The van der Waals surface area contributed by atoms with E-state index in [1.165, 1.54) is 0 Å². The number of pyridine rings is 1. The highest BCUT2D eigenvalue weighted by molar-refractivity contribution is 5.70. The zero-order chi connectivity index (χ0) is 13.0. The van der Waals surface area contributed by atoms with Crippen molar-refractivity contribution in [2.75, 3.05) is 12.4 Å². The van der Waals surface area contributed by atoms with Crippen molar-refractivity contribution in [3.8, 4) is 5.88 Å². The molecule has 2 N–H and O–H groups in total. The molecule has 0 amide bonds. The molecule has 1 aliphatic rings. The van der Waals surface area contributed by atoms with E-state index < -0.39 is 5.97 Å². The molecule has 18 heavy (non-hydrogen) atoms. The second-order valence-corrected chi connectivity index (χ2v) is 4.56. The fraction of sp³-hybridized carbons (Fsp3) is 0.538. The lowest BCUT2D eigenvalue weighted by Crippen LogP contribution is -2.28. The smallest absolute Gasteiger partial charge is 0.306 e. The number of hydrogen-bond donors (Lipinski definition) is 2. The van der Waals surface area contributed by atoms with Crippen molar-refractivity contribution in [2.24, 2.45) is 5.92 Å². The first-order valence-corrected chi connectivity index (χ1v) is 6.22. The van der Waals surface area contributed by atoms with Gasteiger partial charge in [0.2, 0.25) is 5.88 Å². The number of aromatic nitrogens is 1. The van der Waals surface area contributed by atoms with Crippen LogP contribution in [0.4, 0.5) is 5.69 Å². The number of aliphatic carboxylic acids is 1. The third kappa shape index (κ3) is 3.12. The standard InChI is InChI=1S/C13H18N2O3/c1-14-10-4-7-12(15-8-10)18-11-5-2-9(3-6-11)13(16)17/h4,7-9,11,14H,2-3,5-6H2,1H3,(H,16,17). The SMILES string of the molecule is CNc1ccc(OC2CCC(C(=O)O)CC2)nc1. The third-order valence-electron chi connectivity index (χ3n) is 3.34. The van der Waals surface area contributed by atoms with Gasteiger partial charge in [0.05, 0.1) is 17.8 Å². The summed E-state index contributed by atoms with van der Waals surface area (Å²) in [6.45, 7) is 0. The van der Waals surface area contributed by atoms with Crippen LogP contribution in [0.25, 0.3) is 0 Å². The molecular weight excluding hydrogens is 232 g/mol. The minimum atomic E-state index is -0.690. The zero-order valence-corrected chi connectivity index (χ0v) is 10.4. The van der Waals surface area contributed by atoms with Crippen LogP contribution in [0.15, 0.2) is 18.3 Å². The number of anilines is 1. The molecule has 0 radical (unpaired) electrons. The number of carbonyl (C=O) groups is 1. The van der Waals surface area contributed by atoms with Gasteiger partial charge in [0, 0.05) is 13.1 Å². The highest BCUT2D eigenvalue weighted by Gasteiger charge is 2.26. The first kappa shape index (κ1) is 12.7. The Labute approximate surface area is 106 Å². The largest absolute Gasteiger partial charge is 0.481 e. The van der Waals surface area contributed by atoms with Crippen LogP contribution in [0.3, 0.4) is 0 Å². The monoisotopic (exact) mass is 250 g/mol. The molecule has 1 aromatic rings. The maximum atomic E-state index is 10.8. The van der Waals surface area contributed by atoms with E-state index in [0.29, 0.717) is 18.7 Å². The van der Waals surface area contributed by atoms with E-state index in [1.54, 1.807) is 6.20 Å². The van der Waals surface area contributed by atoms with Crippen LogP contribution in [-0.4, -0.2) is 29.2 Å². The predicted octanol–water partition coefficient (Wildman–Crippen LogP) is 2.15. The van der Waals surface area contributed by atoms with Gasteiger partial charge in [0.15, 0.2) is 0 Å². The summed E-state index contributed by atoms with van der Waals surface area (Å²) < 4.78 is 5.75. The molecule has 1 aliphatic carbocycles. The molecule has 0 saturated heterocycles. The van der Waals surface area contributed by atoms with Crippen molar-refractivity contribution >= 4 is 11.7 Å². The minimum Gasteiger partial charge on any atom is -0.481 e. The molecule has 0 bridgehead atoms. The number of nitrogens with one attached hydrogen (secondary N) is 1. The van der Waals surface area contributed by atoms with Gasteiger partial charge in [-0.2, -0.15) is 0 Å². The summed E-state index contributed by atoms with van der Waals surface area (Å²) in [6.07, 6.45) is 4.76. The molecule has 1 fully saturated rings. The fourth-order valence-electron chi connectivity index (χ4n) is 2.20. The first-order valence-electron chi connectivity index (χ1n) is 6.22. The van der Waals surface area contributed by atoms with Crippen molar-refractivity contribution in [3.05, 3.63) is 18.3 Å². The number of nitrogens with zero attached hydrogens (tertiary/aromatic N) is 1. The summed E-state index contributed by atoms with van der Waals surface area (Å²) in [5.74, 6) is -0.290. The maximum absolute atomic E-state index is 10.8. The minimum absolute atomic E-state index is 0.0912. The van der Waals surface area contributed by atoms with E-state index in [1.807, 2.05) is 19.2 Å². The Kier molecular flexibility index (Phi) is 4.02. The quantitative estimate of drug-likeness (QED) is 0.856. The lowest BCUT2D eigenvalue weighted by Gasteiger charge is -2.26. The van der Waals surface area contributed by atoms with Gasteiger partial charge in [-0.05, 0) is 31.7 Å². The number of hydrogen-bond acceptors (Lipinski definition) is 4. The van der Waals surface area contributed by atoms with Crippen molar-refractivity contribution in [3.63, 3.8) is 0 Å². The second kappa shape index (κ2) is 5.71. The molecule has 1 heterocycles. The van der Waals surface area contributed by atoms with Crippen molar-refractivity contribution in [1.29, 1.82) is 0 Å². The molecular formula is C13H18N2O3. The van der Waals surface area contributed by atoms with Gasteiger partial charge in [0.1, 0.15) is 6.10 Å². The first-order chi connectivity index (χ1) is 8.69. The molecule has 0 spiro atoms. The van der Waals surface area contributed by atoms with Crippen molar-refractivity contribution < 1.29 is 14.6 Å². The molecule has 98 valence electrons.